The van der Waals surface area contributed by atoms with Gasteiger partial charge in [-0.05, 0) is 43.4 Å². The van der Waals surface area contributed by atoms with Crippen molar-refractivity contribution >= 4 is 16.9 Å². The Morgan fingerprint density at radius 3 is 2.36 bits per heavy atom. The number of hydrogen-bond donors (Lipinski definition) is 1. The molecule has 3 aromatic heterocycles. The van der Waals surface area contributed by atoms with Crippen molar-refractivity contribution in [1.82, 2.24) is 30.0 Å². The Kier molecular flexibility index (Phi) is 6.82. The Balaban J connectivity index is 1.50. The van der Waals surface area contributed by atoms with Gasteiger partial charge in [0.1, 0.15) is 0 Å². The molecule has 0 fully saturated rings. The van der Waals surface area contributed by atoms with Crippen LogP contribution in [-0.2, 0) is 6.54 Å². The summed E-state index contributed by atoms with van der Waals surface area (Å²) >= 11 is 0. The summed E-state index contributed by atoms with van der Waals surface area (Å²) in [6, 6.07) is 25.9. The van der Waals surface area contributed by atoms with E-state index in [1.165, 1.54) is 0 Å². The summed E-state index contributed by atoms with van der Waals surface area (Å²) < 4.78 is 1.83. The van der Waals surface area contributed by atoms with Gasteiger partial charge in [0, 0.05) is 24.5 Å². The summed E-state index contributed by atoms with van der Waals surface area (Å²) in [6.07, 6.45) is 5.25. The third kappa shape index (κ3) is 5.01. The first-order chi connectivity index (χ1) is 17.6. The lowest BCUT2D eigenvalue weighted by molar-refractivity contribution is 0.0943. The van der Waals surface area contributed by atoms with Crippen LogP contribution in [0.2, 0.25) is 0 Å². The van der Waals surface area contributed by atoms with Gasteiger partial charge in [0.15, 0.2) is 5.65 Å². The van der Waals surface area contributed by atoms with Gasteiger partial charge in [-0.1, -0.05) is 60.7 Å². The highest BCUT2D eigenvalue weighted by Gasteiger charge is 2.20. The normalized spacial score (nSPS) is 12.1. The van der Waals surface area contributed by atoms with E-state index in [4.69, 9.17) is 4.98 Å². The number of benzene rings is 2. The lowest BCUT2D eigenvalue weighted by atomic mass is 10.0. The van der Waals surface area contributed by atoms with Crippen molar-refractivity contribution in [2.45, 2.75) is 12.6 Å². The highest BCUT2D eigenvalue weighted by atomic mass is 16.1. The number of aromatic nitrogens is 4. The number of rotatable bonds is 8. The van der Waals surface area contributed by atoms with E-state index >= 15 is 0 Å². The van der Waals surface area contributed by atoms with Gasteiger partial charge in [0.25, 0.3) is 5.91 Å². The first-order valence-corrected chi connectivity index (χ1v) is 11.9. The zero-order valence-corrected chi connectivity index (χ0v) is 20.4. The third-order valence-corrected chi connectivity index (χ3v) is 6.27. The SMILES string of the molecule is CN(C)[C@@H](CNC(=O)c1cc(-c2ccccc2)nc2c1cnn2Cc1ccncc1)c1ccccc1. The van der Waals surface area contributed by atoms with Gasteiger partial charge >= 0.3 is 0 Å². The van der Waals surface area contributed by atoms with Gasteiger partial charge < -0.3 is 10.2 Å². The molecule has 180 valence electrons. The van der Waals surface area contributed by atoms with Crippen molar-refractivity contribution in [3.8, 4) is 11.3 Å². The number of fused-ring (bicyclic) bond motifs is 1. The van der Waals surface area contributed by atoms with Gasteiger partial charge in [-0.3, -0.25) is 9.78 Å². The highest BCUT2D eigenvalue weighted by Crippen LogP contribution is 2.26. The molecule has 36 heavy (non-hydrogen) atoms. The van der Waals surface area contributed by atoms with Crippen LogP contribution in [0.25, 0.3) is 22.3 Å². The number of hydrogen-bond acceptors (Lipinski definition) is 5. The number of carbonyl (C=O) groups excluding carboxylic acids is 1. The molecular formula is C29H28N6O. The van der Waals surface area contributed by atoms with E-state index in [1.54, 1.807) is 18.6 Å². The average Bonchev–Trinajstić information content (AvgIpc) is 3.32. The van der Waals surface area contributed by atoms with Crippen molar-refractivity contribution < 1.29 is 4.79 Å². The zero-order chi connectivity index (χ0) is 24.9. The molecule has 0 spiro atoms. The van der Waals surface area contributed by atoms with Gasteiger partial charge in [0.2, 0.25) is 0 Å². The molecule has 0 saturated heterocycles. The van der Waals surface area contributed by atoms with Crippen LogP contribution in [-0.4, -0.2) is 51.2 Å². The Hall–Kier alpha value is -4.36. The Bertz CT molecular complexity index is 1450. The highest BCUT2D eigenvalue weighted by molar-refractivity contribution is 6.06. The van der Waals surface area contributed by atoms with Crippen LogP contribution in [0.3, 0.4) is 0 Å². The molecule has 0 aliphatic rings. The molecule has 0 unspecified atom stereocenters. The number of nitrogens with zero attached hydrogens (tertiary/aromatic N) is 5. The van der Waals surface area contributed by atoms with Crippen LogP contribution in [0.15, 0.2) is 97.5 Å². The first kappa shape index (κ1) is 23.4. The second kappa shape index (κ2) is 10.5. The maximum absolute atomic E-state index is 13.6. The largest absolute Gasteiger partial charge is 0.350 e. The summed E-state index contributed by atoms with van der Waals surface area (Å²) in [5.41, 5.74) is 5.12. The molecule has 0 radical (unpaired) electrons. The molecule has 5 aromatic rings. The minimum Gasteiger partial charge on any atom is -0.350 e. The van der Waals surface area contributed by atoms with E-state index in [-0.39, 0.29) is 11.9 Å². The summed E-state index contributed by atoms with van der Waals surface area (Å²) in [5, 5.41) is 8.46. The summed E-state index contributed by atoms with van der Waals surface area (Å²) in [7, 11) is 4.04. The fraction of sp³-hybridized carbons (Fsp3) is 0.172. The number of carbonyl (C=O) groups is 1. The van der Waals surface area contributed by atoms with Crippen molar-refractivity contribution in [3.63, 3.8) is 0 Å². The molecule has 0 saturated carbocycles. The monoisotopic (exact) mass is 476 g/mol. The second-order valence-corrected chi connectivity index (χ2v) is 8.92. The second-order valence-electron chi connectivity index (χ2n) is 8.92. The molecule has 0 aliphatic carbocycles. The van der Waals surface area contributed by atoms with Crippen LogP contribution in [0.4, 0.5) is 0 Å². The number of nitrogens with one attached hydrogen (secondary N) is 1. The van der Waals surface area contributed by atoms with Gasteiger partial charge in [-0.15, -0.1) is 0 Å². The topological polar surface area (TPSA) is 75.9 Å². The van der Waals surface area contributed by atoms with Crippen LogP contribution in [0, 0.1) is 0 Å². The fourth-order valence-electron chi connectivity index (χ4n) is 4.33. The fourth-order valence-corrected chi connectivity index (χ4v) is 4.33. The van der Waals surface area contributed by atoms with Gasteiger partial charge in [-0.2, -0.15) is 5.10 Å². The Morgan fingerprint density at radius 1 is 0.972 bits per heavy atom. The average molecular weight is 477 g/mol. The molecule has 1 atom stereocenters. The van der Waals surface area contributed by atoms with Gasteiger partial charge in [-0.25, -0.2) is 9.67 Å². The van der Waals surface area contributed by atoms with Gasteiger partial charge in [0.05, 0.1) is 35.4 Å². The summed E-state index contributed by atoms with van der Waals surface area (Å²) in [6.45, 7) is 1.01. The van der Waals surface area contributed by atoms with E-state index in [9.17, 15) is 4.79 Å². The van der Waals surface area contributed by atoms with E-state index in [0.717, 1.165) is 27.8 Å². The van der Waals surface area contributed by atoms with Crippen molar-refractivity contribution in [2.24, 2.45) is 0 Å². The van der Waals surface area contributed by atoms with Crippen LogP contribution in [0.1, 0.15) is 27.5 Å². The lowest BCUT2D eigenvalue weighted by Gasteiger charge is -2.25. The first-order valence-electron chi connectivity index (χ1n) is 11.9. The molecule has 3 heterocycles. The van der Waals surface area contributed by atoms with E-state index in [0.29, 0.717) is 24.3 Å². The van der Waals surface area contributed by atoms with Crippen LogP contribution >= 0.6 is 0 Å². The predicted octanol–water partition coefficient (Wildman–Crippen LogP) is 4.57. The maximum Gasteiger partial charge on any atom is 0.252 e. The molecule has 1 amide bonds. The van der Waals surface area contributed by atoms with Crippen LogP contribution < -0.4 is 5.32 Å². The molecule has 7 nitrogen and oxygen atoms in total. The minimum absolute atomic E-state index is 0.0514. The molecule has 2 aromatic carbocycles. The zero-order valence-electron chi connectivity index (χ0n) is 20.4. The van der Waals surface area contributed by atoms with Crippen molar-refractivity contribution in [3.05, 3.63) is 114 Å². The van der Waals surface area contributed by atoms with E-state index in [2.05, 4.69) is 32.4 Å². The molecular weight excluding hydrogens is 448 g/mol. The molecule has 0 aliphatic heterocycles. The maximum atomic E-state index is 13.6. The quantitative estimate of drug-likeness (QED) is 0.355. The minimum atomic E-state index is -0.147. The smallest absolute Gasteiger partial charge is 0.252 e. The molecule has 5 rings (SSSR count). The Labute approximate surface area is 210 Å². The summed E-state index contributed by atoms with van der Waals surface area (Å²) in [5.74, 6) is -0.147. The molecule has 7 heteroatoms. The number of pyridine rings is 2. The third-order valence-electron chi connectivity index (χ3n) is 6.27. The molecule has 1 N–H and O–H groups in total. The lowest BCUT2D eigenvalue weighted by Crippen LogP contribution is -2.34. The van der Waals surface area contributed by atoms with Crippen molar-refractivity contribution in [2.75, 3.05) is 20.6 Å². The number of likely N-dealkylation sites (N-methyl/N-ethyl adjacent to an activating group) is 1. The van der Waals surface area contributed by atoms with E-state index in [1.807, 2.05) is 85.5 Å². The van der Waals surface area contributed by atoms with Crippen molar-refractivity contribution in [1.29, 1.82) is 0 Å². The Morgan fingerprint density at radius 2 is 1.67 bits per heavy atom. The van der Waals surface area contributed by atoms with E-state index < -0.39 is 0 Å². The van der Waals surface area contributed by atoms with Crippen LogP contribution in [0.5, 0.6) is 0 Å². The number of amides is 1. The molecule has 0 bridgehead atoms. The summed E-state index contributed by atoms with van der Waals surface area (Å²) in [4.78, 5) is 24.7. The standard InChI is InChI=1S/C29H28N6O/c1-34(2)27(23-11-7-4-8-12-23)19-31-29(36)24-17-26(22-9-5-3-6-10-22)33-28-25(24)18-32-35(28)20-21-13-15-30-16-14-21/h3-18,27H,19-20H2,1-2H3,(H,31,36)/t27-/m0/s1. The predicted molar refractivity (Wildman–Crippen MR) is 142 cm³/mol.